The molecule has 8 heteroatoms. The molecule has 2 N–H and O–H groups in total. The highest BCUT2D eigenvalue weighted by atomic mass is 32.2. The van der Waals surface area contributed by atoms with Crippen molar-refractivity contribution >= 4 is 16.0 Å². The third-order valence-electron chi connectivity index (χ3n) is 4.33. The summed E-state index contributed by atoms with van der Waals surface area (Å²) in [4.78, 5) is 11.8. The van der Waals surface area contributed by atoms with Crippen LogP contribution in [0.3, 0.4) is 0 Å². The highest BCUT2D eigenvalue weighted by Gasteiger charge is 2.31. The zero-order valence-electron chi connectivity index (χ0n) is 14.7. The number of esters is 1. The number of ether oxygens (including phenoxy) is 2. The SMILES string of the molecule is COC(=O)c1ccc(C)c(S(=O)(=O)N2CCC(OCCCN)CC2)c1. The van der Waals surface area contributed by atoms with Crippen LogP contribution in [0, 0.1) is 6.92 Å². The van der Waals surface area contributed by atoms with Crippen molar-refractivity contribution in [1.29, 1.82) is 0 Å². The fraction of sp³-hybridized carbons (Fsp3) is 0.588. The molecule has 7 nitrogen and oxygen atoms in total. The smallest absolute Gasteiger partial charge is 0.337 e. The van der Waals surface area contributed by atoms with Crippen LogP contribution in [0.5, 0.6) is 0 Å². The predicted molar refractivity (Wildman–Crippen MR) is 93.9 cm³/mol. The molecule has 0 aliphatic carbocycles. The van der Waals surface area contributed by atoms with Gasteiger partial charge in [0.15, 0.2) is 0 Å². The molecule has 1 saturated heterocycles. The standard InChI is InChI=1S/C17H26N2O5S/c1-13-4-5-14(17(20)23-2)12-16(13)25(21,22)19-9-6-15(7-10-19)24-11-3-8-18/h4-5,12,15H,3,6-11,18H2,1-2H3. The van der Waals surface area contributed by atoms with Crippen molar-refractivity contribution in [2.75, 3.05) is 33.4 Å². The minimum atomic E-state index is -3.66. The minimum absolute atomic E-state index is 0.0699. The van der Waals surface area contributed by atoms with E-state index in [2.05, 4.69) is 4.74 Å². The van der Waals surface area contributed by atoms with Gasteiger partial charge in [-0.3, -0.25) is 0 Å². The molecular weight excluding hydrogens is 344 g/mol. The van der Waals surface area contributed by atoms with Gasteiger partial charge in [0.25, 0.3) is 0 Å². The Morgan fingerprint density at radius 3 is 2.60 bits per heavy atom. The Bertz CT molecular complexity index is 697. The topological polar surface area (TPSA) is 98.9 Å². The molecule has 0 unspecified atom stereocenters. The number of nitrogens with two attached hydrogens (primary N) is 1. The van der Waals surface area contributed by atoms with Gasteiger partial charge in [-0.05, 0) is 50.4 Å². The van der Waals surface area contributed by atoms with Gasteiger partial charge < -0.3 is 15.2 Å². The van der Waals surface area contributed by atoms with Crippen LogP contribution in [-0.4, -0.2) is 58.1 Å². The highest BCUT2D eigenvalue weighted by Crippen LogP contribution is 2.25. The summed E-state index contributed by atoms with van der Waals surface area (Å²) >= 11 is 0. The molecule has 0 bridgehead atoms. The van der Waals surface area contributed by atoms with E-state index in [1.54, 1.807) is 19.1 Å². The first-order chi connectivity index (χ1) is 11.9. The summed E-state index contributed by atoms with van der Waals surface area (Å²) in [6.45, 7) is 3.71. The Balaban J connectivity index is 2.11. The molecule has 0 aromatic heterocycles. The molecule has 1 aromatic rings. The Hall–Kier alpha value is -1.48. The number of hydrogen-bond acceptors (Lipinski definition) is 6. The van der Waals surface area contributed by atoms with Crippen molar-refractivity contribution in [3.05, 3.63) is 29.3 Å². The molecular formula is C17H26N2O5S. The number of nitrogens with zero attached hydrogens (tertiary/aromatic N) is 1. The van der Waals surface area contributed by atoms with Gasteiger partial charge in [-0.1, -0.05) is 6.07 Å². The Morgan fingerprint density at radius 2 is 2.00 bits per heavy atom. The number of benzene rings is 1. The van der Waals surface area contributed by atoms with Gasteiger partial charge >= 0.3 is 5.97 Å². The van der Waals surface area contributed by atoms with Crippen molar-refractivity contribution < 1.29 is 22.7 Å². The molecule has 1 fully saturated rings. The van der Waals surface area contributed by atoms with Crippen LogP contribution in [0.15, 0.2) is 23.1 Å². The molecule has 2 rings (SSSR count). The predicted octanol–water partition coefficient (Wildman–Crippen LogP) is 1.30. The molecule has 0 radical (unpaired) electrons. The summed E-state index contributed by atoms with van der Waals surface area (Å²) in [6.07, 6.45) is 2.18. The van der Waals surface area contributed by atoms with E-state index in [4.69, 9.17) is 10.5 Å². The number of aryl methyl sites for hydroxylation is 1. The van der Waals surface area contributed by atoms with E-state index in [0.29, 0.717) is 44.6 Å². The van der Waals surface area contributed by atoms with Crippen molar-refractivity contribution in [3.8, 4) is 0 Å². The molecule has 0 atom stereocenters. The average Bonchev–Trinajstić information content (AvgIpc) is 2.62. The summed E-state index contributed by atoms with van der Waals surface area (Å²) in [5.41, 5.74) is 6.28. The Labute approximate surface area is 149 Å². The molecule has 0 spiro atoms. The largest absolute Gasteiger partial charge is 0.465 e. The van der Waals surface area contributed by atoms with E-state index in [1.807, 2.05) is 0 Å². The Morgan fingerprint density at radius 1 is 1.32 bits per heavy atom. The van der Waals surface area contributed by atoms with E-state index in [0.717, 1.165) is 6.42 Å². The number of hydrogen-bond donors (Lipinski definition) is 1. The second-order valence-corrected chi connectivity index (χ2v) is 7.99. The lowest BCUT2D eigenvalue weighted by atomic mass is 10.1. The molecule has 25 heavy (non-hydrogen) atoms. The van der Waals surface area contributed by atoms with Gasteiger partial charge in [-0.25, -0.2) is 13.2 Å². The second-order valence-electron chi connectivity index (χ2n) is 6.09. The van der Waals surface area contributed by atoms with Crippen molar-refractivity contribution in [3.63, 3.8) is 0 Å². The highest BCUT2D eigenvalue weighted by molar-refractivity contribution is 7.89. The average molecular weight is 370 g/mol. The van der Waals surface area contributed by atoms with Crippen molar-refractivity contribution in [2.24, 2.45) is 5.73 Å². The van der Waals surface area contributed by atoms with Crippen LogP contribution >= 0.6 is 0 Å². The third-order valence-corrected chi connectivity index (χ3v) is 6.37. The molecule has 1 aromatic carbocycles. The molecule has 1 heterocycles. The van der Waals surface area contributed by atoms with Gasteiger partial charge in [0.05, 0.1) is 23.7 Å². The zero-order valence-corrected chi connectivity index (χ0v) is 15.5. The molecule has 140 valence electrons. The number of rotatable bonds is 7. The molecule has 1 aliphatic heterocycles. The van der Waals surface area contributed by atoms with Crippen LogP contribution in [-0.2, 0) is 19.5 Å². The maximum Gasteiger partial charge on any atom is 0.337 e. The molecule has 1 aliphatic rings. The van der Waals surface area contributed by atoms with Gasteiger partial charge in [-0.2, -0.15) is 4.31 Å². The van der Waals surface area contributed by atoms with Gasteiger partial charge in [-0.15, -0.1) is 0 Å². The van der Waals surface area contributed by atoms with Crippen LogP contribution < -0.4 is 5.73 Å². The number of piperidine rings is 1. The summed E-state index contributed by atoms with van der Waals surface area (Å²) in [5.74, 6) is -0.552. The zero-order chi connectivity index (χ0) is 18.4. The lowest BCUT2D eigenvalue weighted by Gasteiger charge is -2.31. The van der Waals surface area contributed by atoms with E-state index in [9.17, 15) is 13.2 Å². The first-order valence-corrected chi connectivity index (χ1v) is 9.85. The van der Waals surface area contributed by atoms with Crippen LogP contribution in [0.1, 0.15) is 35.2 Å². The summed E-state index contributed by atoms with van der Waals surface area (Å²) in [5, 5.41) is 0. The molecule has 0 saturated carbocycles. The number of carbonyl (C=O) groups excluding carboxylic acids is 1. The number of carbonyl (C=O) groups is 1. The first-order valence-electron chi connectivity index (χ1n) is 8.41. The van der Waals surface area contributed by atoms with E-state index in [-0.39, 0.29) is 16.6 Å². The summed E-state index contributed by atoms with van der Waals surface area (Å²) in [6, 6.07) is 4.58. The number of methoxy groups -OCH3 is 1. The van der Waals surface area contributed by atoms with Crippen molar-refractivity contribution in [2.45, 2.75) is 37.2 Å². The van der Waals surface area contributed by atoms with E-state index in [1.165, 1.54) is 17.5 Å². The summed E-state index contributed by atoms with van der Waals surface area (Å²) < 4.78 is 37.8. The monoisotopic (exact) mass is 370 g/mol. The maximum absolute atomic E-state index is 13.0. The normalized spacial score (nSPS) is 16.8. The quantitative estimate of drug-likeness (QED) is 0.574. The Kier molecular flexibility index (Phi) is 6.95. The van der Waals surface area contributed by atoms with Gasteiger partial charge in [0.2, 0.25) is 10.0 Å². The number of sulfonamides is 1. The van der Waals surface area contributed by atoms with Gasteiger partial charge in [0, 0.05) is 19.7 Å². The lowest BCUT2D eigenvalue weighted by molar-refractivity contribution is 0.0209. The van der Waals surface area contributed by atoms with Crippen molar-refractivity contribution in [1.82, 2.24) is 4.31 Å². The lowest BCUT2D eigenvalue weighted by Crippen LogP contribution is -2.41. The summed E-state index contributed by atoms with van der Waals surface area (Å²) in [7, 11) is -2.39. The van der Waals surface area contributed by atoms with Crippen LogP contribution in [0.4, 0.5) is 0 Å². The molecule has 0 amide bonds. The van der Waals surface area contributed by atoms with Crippen LogP contribution in [0.2, 0.25) is 0 Å². The van der Waals surface area contributed by atoms with E-state index >= 15 is 0 Å². The second kappa shape index (κ2) is 8.75. The third kappa shape index (κ3) is 4.78. The minimum Gasteiger partial charge on any atom is -0.465 e. The van der Waals surface area contributed by atoms with E-state index < -0.39 is 16.0 Å². The first kappa shape index (κ1) is 19.8. The fourth-order valence-electron chi connectivity index (χ4n) is 2.83. The fourth-order valence-corrected chi connectivity index (χ4v) is 4.55. The van der Waals surface area contributed by atoms with Crippen LogP contribution in [0.25, 0.3) is 0 Å². The maximum atomic E-state index is 13.0. The van der Waals surface area contributed by atoms with Gasteiger partial charge in [0.1, 0.15) is 0 Å².